The standard InChI is InChI=1S/C16H20N2OS/c1-9-10-8-17-11-6-5-7-12(13(10)11)20-14(9)15(19)18-16(2,3)4/h5-9,14,17H,1-4H3,(H,18,19). The second-order valence-electron chi connectivity index (χ2n) is 6.49. The van der Waals surface area contributed by atoms with Crippen LogP contribution < -0.4 is 5.32 Å². The summed E-state index contributed by atoms with van der Waals surface area (Å²) < 4.78 is 0. The van der Waals surface area contributed by atoms with E-state index in [2.05, 4.69) is 35.6 Å². The summed E-state index contributed by atoms with van der Waals surface area (Å²) in [5, 5.41) is 4.32. The van der Waals surface area contributed by atoms with E-state index in [-0.39, 0.29) is 22.6 Å². The number of aromatic amines is 1. The number of rotatable bonds is 1. The molecule has 2 heterocycles. The highest BCUT2D eigenvalue weighted by Gasteiger charge is 2.35. The van der Waals surface area contributed by atoms with Crippen LogP contribution in [-0.2, 0) is 4.79 Å². The van der Waals surface area contributed by atoms with E-state index in [1.54, 1.807) is 11.8 Å². The van der Waals surface area contributed by atoms with E-state index >= 15 is 0 Å². The number of hydrogen-bond acceptors (Lipinski definition) is 2. The van der Waals surface area contributed by atoms with Crippen LogP contribution in [0, 0.1) is 0 Å². The molecule has 0 saturated carbocycles. The van der Waals surface area contributed by atoms with Crippen LogP contribution in [0.1, 0.15) is 39.2 Å². The molecule has 0 aliphatic carbocycles. The minimum Gasteiger partial charge on any atom is -0.361 e. The normalized spacial score (nSPS) is 22.0. The zero-order valence-corrected chi connectivity index (χ0v) is 13.1. The van der Waals surface area contributed by atoms with Crippen LogP contribution >= 0.6 is 11.8 Å². The maximum atomic E-state index is 12.5. The highest BCUT2D eigenvalue weighted by Crippen LogP contribution is 2.45. The first-order valence-electron chi connectivity index (χ1n) is 6.95. The number of H-pyrrole nitrogens is 1. The van der Waals surface area contributed by atoms with Crippen molar-refractivity contribution in [3.63, 3.8) is 0 Å². The number of thioether (sulfide) groups is 1. The molecule has 0 saturated heterocycles. The van der Waals surface area contributed by atoms with E-state index in [4.69, 9.17) is 0 Å². The van der Waals surface area contributed by atoms with Gasteiger partial charge in [0.25, 0.3) is 0 Å². The molecule has 106 valence electrons. The molecule has 2 atom stereocenters. The van der Waals surface area contributed by atoms with Crippen molar-refractivity contribution in [1.29, 1.82) is 0 Å². The quantitative estimate of drug-likeness (QED) is 0.841. The molecule has 0 bridgehead atoms. The van der Waals surface area contributed by atoms with Gasteiger partial charge in [0, 0.05) is 33.5 Å². The first-order valence-corrected chi connectivity index (χ1v) is 7.83. The Kier molecular flexibility index (Phi) is 3.09. The van der Waals surface area contributed by atoms with Crippen molar-refractivity contribution in [3.05, 3.63) is 30.0 Å². The molecule has 4 heteroatoms. The van der Waals surface area contributed by atoms with Gasteiger partial charge in [-0.1, -0.05) is 13.0 Å². The molecule has 20 heavy (non-hydrogen) atoms. The molecule has 2 unspecified atom stereocenters. The summed E-state index contributed by atoms with van der Waals surface area (Å²) in [6.07, 6.45) is 2.05. The number of nitrogens with one attached hydrogen (secondary N) is 2. The molecule has 0 fully saturated rings. The van der Waals surface area contributed by atoms with Gasteiger partial charge in [0.2, 0.25) is 5.91 Å². The van der Waals surface area contributed by atoms with Gasteiger partial charge >= 0.3 is 0 Å². The van der Waals surface area contributed by atoms with Crippen molar-refractivity contribution in [1.82, 2.24) is 10.3 Å². The Morgan fingerprint density at radius 3 is 2.80 bits per heavy atom. The van der Waals surface area contributed by atoms with Gasteiger partial charge in [-0.3, -0.25) is 4.79 Å². The Morgan fingerprint density at radius 1 is 1.35 bits per heavy atom. The van der Waals surface area contributed by atoms with Crippen molar-refractivity contribution in [2.45, 2.75) is 49.3 Å². The fourth-order valence-electron chi connectivity index (χ4n) is 2.76. The van der Waals surface area contributed by atoms with Gasteiger partial charge in [0.15, 0.2) is 0 Å². The average Bonchev–Trinajstić information content (AvgIpc) is 2.77. The molecule has 1 aromatic heterocycles. The van der Waals surface area contributed by atoms with Crippen molar-refractivity contribution in [2.24, 2.45) is 0 Å². The summed E-state index contributed by atoms with van der Waals surface area (Å²) in [6, 6.07) is 6.23. The summed E-state index contributed by atoms with van der Waals surface area (Å²) in [5.41, 5.74) is 2.22. The van der Waals surface area contributed by atoms with Crippen LogP contribution in [-0.4, -0.2) is 21.7 Å². The van der Waals surface area contributed by atoms with Crippen molar-refractivity contribution in [2.75, 3.05) is 0 Å². The number of carbonyl (C=O) groups excluding carboxylic acids is 1. The lowest BCUT2D eigenvalue weighted by atomic mass is 9.95. The molecule has 1 aliphatic heterocycles. The highest BCUT2D eigenvalue weighted by molar-refractivity contribution is 8.01. The van der Waals surface area contributed by atoms with Crippen LogP contribution in [0.4, 0.5) is 0 Å². The Bertz CT molecular complexity index is 669. The lowest BCUT2D eigenvalue weighted by molar-refractivity contribution is -0.122. The summed E-state index contributed by atoms with van der Waals surface area (Å²) in [7, 11) is 0. The fraction of sp³-hybridized carbons (Fsp3) is 0.438. The zero-order valence-electron chi connectivity index (χ0n) is 12.3. The maximum Gasteiger partial charge on any atom is 0.234 e. The summed E-state index contributed by atoms with van der Waals surface area (Å²) >= 11 is 1.68. The van der Waals surface area contributed by atoms with Crippen molar-refractivity contribution >= 4 is 28.6 Å². The van der Waals surface area contributed by atoms with Crippen LogP contribution in [0.2, 0.25) is 0 Å². The van der Waals surface area contributed by atoms with Crippen LogP contribution in [0.25, 0.3) is 10.9 Å². The second-order valence-corrected chi connectivity index (χ2v) is 7.67. The fourth-order valence-corrected chi connectivity index (χ4v) is 4.05. The lowest BCUT2D eigenvalue weighted by Gasteiger charge is -2.30. The highest BCUT2D eigenvalue weighted by atomic mass is 32.2. The van der Waals surface area contributed by atoms with Crippen LogP contribution in [0.3, 0.4) is 0 Å². The SMILES string of the molecule is CC1c2c[nH]c3cccc(c23)SC1C(=O)NC(C)(C)C. The van der Waals surface area contributed by atoms with Gasteiger partial charge < -0.3 is 10.3 Å². The molecule has 1 aromatic carbocycles. The van der Waals surface area contributed by atoms with E-state index in [0.29, 0.717) is 0 Å². The molecule has 1 aliphatic rings. The maximum absolute atomic E-state index is 12.5. The topological polar surface area (TPSA) is 44.9 Å². The Labute approximate surface area is 123 Å². The second kappa shape index (κ2) is 4.55. The molecule has 3 nitrogen and oxygen atoms in total. The number of aromatic nitrogens is 1. The minimum absolute atomic E-state index is 0.0666. The Balaban J connectivity index is 1.97. The van der Waals surface area contributed by atoms with Gasteiger partial charge in [-0.25, -0.2) is 0 Å². The molecular formula is C16H20N2OS. The van der Waals surface area contributed by atoms with Gasteiger partial charge in [-0.15, -0.1) is 11.8 Å². The number of amides is 1. The minimum atomic E-state index is -0.193. The molecule has 0 spiro atoms. The third kappa shape index (κ3) is 2.22. The van der Waals surface area contributed by atoms with Crippen LogP contribution in [0.5, 0.6) is 0 Å². The first kappa shape index (κ1) is 13.6. The lowest BCUT2D eigenvalue weighted by Crippen LogP contribution is -2.46. The Morgan fingerprint density at radius 2 is 2.10 bits per heavy atom. The van der Waals surface area contributed by atoms with E-state index in [1.165, 1.54) is 15.8 Å². The van der Waals surface area contributed by atoms with Gasteiger partial charge in [0.1, 0.15) is 0 Å². The summed E-state index contributed by atoms with van der Waals surface area (Å²) in [5.74, 6) is 0.338. The molecule has 3 rings (SSSR count). The third-order valence-corrected chi connectivity index (χ3v) is 5.12. The summed E-state index contributed by atoms with van der Waals surface area (Å²) in [6.45, 7) is 8.20. The summed E-state index contributed by atoms with van der Waals surface area (Å²) in [4.78, 5) is 17.0. The molecule has 1 amide bonds. The largest absolute Gasteiger partial charge is 0.361 e. The predicted octanol–water partition coefficient (Wildman–Crippen LogP) is 3.66. The molecule has 2 aromatic rings. The monoisotopic (exact) mass is 288 g/mol. The van der Waals surface area contributed by atoms with Crippen LogP contribution in [0.15, 0.2) is 29.3 Å². The smallest absolute Gasteiger partial charge is 0.234 e. The number of benzene rings is 1. The average molecular weight is 288 g/mol. The number of carbonyl (C=O) groups is 1. The van der Waals surface area contributed by atoms with E-state index in [0.717, 1.165) is 5.52 Å². The molecule has 2 N–H and O–H groups in total. The van der Waals surface area contributed by atoms with Crippen molar-refractivity contribution in [3.8, 4) is 0 Å². The third-order valence-electron chi connectivity index (χ3n) is 3.65. The van der Waals surface area contributed by atoms with E-state index in [9.17, 15) is 4.79 Å². The van der Waals surface area contributed by atoms with Gasteiger partial charge in [0.05, 0.1) is 5.25 Å². The molecule has 0 radical (unpaired) electrons. The number of hydrogen-bond donors (Lipinski definition) is 2. The zero-order chi connectivity index (χ0) is 14.5. The van der Waals surface area contributed by atoms with Gasteiger partial charge in [-0.2, -0.15) is 0 Å². The van der Waals surface area contributed by atoms with E-state index < -0.39 is 0 Å². The Hall–Kier alpha value is -1.42. The molecular weight excluding hydrogens is 268 g/mol. The first-order chi connectivity index (χ1) is 9.37. The van der Waals surface area contributed by atoms with Crippen molar-refractivity contribution < 1.29 is 4.79 Å². The van der Waals surface area contributed by atoms with E-state index in [1.807, 2.05) is 26.8 Å². The predicted molar refractivity (Wildman–Crippen MR) is 84.3 cm³/mol. The van der Waals surface area contributed by atoms with Gasteiger partial charge in [-0.05, 0) is 38.5 Å².